The molecule has 0 amide bonds. The van der Waals surface area contributed by atoms with Gasteiger partial charge in [0.25, 0.3) is 0 Å². The SMILES string of the molecule is CCNc1nc(NCCCN(C)C)nc(N(C)C)n1. The number of nitrogens with one attached hydrogen (secondary N) is 2. The van der Waals surface area contributed by atoms with Crippen molar-refractivity contribution in [3.8, 4) is 0 Å². The van der Waals surface area contributed by atoms with Crippen LogP contribution in [0, 0.1) is 0 Å². The molecule has 108 valence electrons. The fourth-order valence-electron chi connectivity index (χ4n) is 1.48. The van der Waals surface area contributed by atoms with Gasteiger partial charge in [0.05, 0.1) is 0 Å². The van der Waals surface area contributed by atoms with Crippen LogP contribution in [0.1, 0.15) is 13.3 Å². The first kappa shape index (κ1) is 15.4. The number of aromatic nitrogens is 3. The molecule has 7 heteroatoms. The fraction of sp³-hybridized carbons (Fsp3) is 0.750. The van der Waals surface area contributed by atoms with Gasteiger partial charge in [0.1, 0.15) is 0 Å². The average molecular weight is 267 g/mol. The topological polar surface area (TPSA) is 69.2 Å². The zero-order valence-corrected chi connectivity index (χ0v) is 12.6. The lowest BCUT2D eigenvalue weighted by Gasteiger charge is -2.14. The van der Waals surface area contributed by atoms with E-state index in [-0.39, 0.29) is 0 Å². The molecule has 0 saturated heterocycles. The molecule has 2 N–H and O–H groups in total. The van der Waals surface area contributed by atoms with Gasteiger partial charge in [0.15, 0.2) is 0 Å². The number of hydrogen-bond acceptors (Lipinski definition) is 7. The average Bonchev–Trinajstić information content (AvgIpc) is 2.34. The van der Waals surface area contributed by atoms with Crippen LogP contribution in [0.15, 0.2) is 0 Å². The van der Waals surface area contributed by atoms with Crippen molar-refractivity contribution in [2.24, 2.45) is 0 Å². The first-order valence-corrected chi connectivity index (χ1v) is 6.58. The van der Waals surface area contributed by atoms with Crippen LogP contribution in [0.5, 0.6) is 0 Å². The van der Waals surface area contributed by atoms with Gasteiger partial charge < -0.3 is 20.4 Å². The lowest BCUT2D eigenvalue weighted by Crippen LogP contribution is -2.19. The Hall–Kier alpha value is -1.63. The van der Waals surface area contributed by atoms with Crippen LogP contribution >= 0.6 is 0 Å². The molecule has 0 atom stereocenters. The highest BCUT2D eigenvalue weighted by atomic mass is 15.3. The standard InChI is InChI=1S/C12H25N7/c1-6-13-10-15-11(14-8-7-9-18(2)3)17-12(16-10)19(4)5/h6-9H2,1-5H3,(H2,13,14,15,16,17). The van der Waals surface area contributed by atoms with E-state index in [4.69, 9.17) is 0 Å². The van der Waals surface area contributed by atoms with Crippen LogP contribution in [-0.2, 0) is 0 Å². The van der Waals surface area contributed by atoms with Crippen molar-refractivity contribution >= 4 is 17.8 Å². The predicted molar refractivity (Wildman–Crippen MR) is 80.0 cm³/mol. The highest BCUT2D eigenvalue weighted by Crippen LogP contribution is 2.11. The Bertz CT molecular complexity index is 378. The molecule has 1 heterocycles. The molecule has 0 saturated carbocycles. The number of rotatable bonds is 8. The maximum absolute atomic E-state index is 4.37. The van der Waals surface area contributed by atoms with E-state index in [0.717, 1.165) is 26.1 Å². The van der Waals surface area contributed by atoms with Gasteiger partial charge in [-0.25, -0.2) is 0 Å². The molecule has 0 radical (unpaired) electrons. The summed E-state index contributed by atoms with van der Waals surface area (Å²) >= 11 is 0. The van der Waals surface area contributed by atoms with Crippen LogP contribution in [0.25, 0.3) is 0 Å². The van der Waals surface area contributed by atoms with Gasteiger partial charge >= 0.3 is 0 Å². The van der Waals surface area contributed by atoms with Gasteiger partial charge in [0.2, 0.25) is 17.8 Å². The third-order valence-corrected chi connectivity index (χ3v) is 2.42. The van der Waals surface area contributed by atoms with E-state index < -0.39 is 0 Å². The number of hydrogen-bond donors (Lipinski definition) is 2. The van der Waals surface area contributed by atoms with Crippen molar-refractivity contribution in [3.05, 3.63) is 0 Å². The monoisotopic (exact) mass is 267 g/mol. The second-order valence-corrected chi connectivity index (χ2v) is 4.79. The highest BCUT2D eigenvalue weighted by Gasteiger charge is 2.07. The lowest BCUT2D eigenvalue weighted by molar-refractivity contribution is 0.405. The minimum absolute atomic E-state index is 0.608. The maximum Gasteiger partial charge on any atom is 0.231 e. The molecule has 0 fully saturated rings. The quantitative estimate of drug-likeness (QED) is 0.673. The van der Waals surface area contributed by atoms with Crippen LogP contribution in [0.4, 0.5) is 17.8 Å². The first-order valence-electron chi connectivity index (χ1n) is 6.58. The van der Waals surface area contributed by atoms with Gasteiger partial charge in [-0.2, -0.15) is 15.0 Å². The Morgan fingerprint density at radius 2 is 1.58 bits per heavy atom. The summed E-state index contributed by atoms with van der Waals surface area (Å²) in [6.45, 7) is 4.69. The summed E-state index contributed by atoms with van der Waals surface area (Å²) in [7, 11) is 7.97. The molecule has 1 aromatic rings. The Balaban J connectivity index is 2.65. The molecule has 0 spiro atoms. The van der Waals surface area contributed by atoms with E-state index in [1.807, 2.05) is 25.9 Å². The molecule has 0 aliphatic carbocycles. The highest BCUT2D eigenvalue weighted by molar-refractivity contribution is 5.42. The Labute approximate surface area is 115 Å². The van der Waals surface area contributed by atoms with Gasteiger partial charge in [0, 0.05) is 27.2 Å². The van der Waals surface area contributed by atoms with Crippen molar-refractivity contribution in [2.45, 2.75) is 13.3 Å². The largest absolute Gasteiger partial charge is 0.354 e. The van der Waals surface area contributed by atoms with E-state index in [1.165, 1.54) is 0 Å². The third kappa shape index (κ3) is 5.69. The molecular formula is C12H25N7. The zero-order chi connectivity index (χ0) is 14.3. The van der Waals surface area contributed by atoms with Crippen LogP contribution in [0.3, 0.4) is 0 Å². The molecule has 7 nitrogen and oxygen atoms in total. The molecule has 0 aromatic carbocycles. The molecular weight excluding hydrogens is 242 g/mol. The minimum atomic E-state index is 0.608. The number of nitrogens with zero attached hydrogens (tertiary/aromatic N) is 5. The van der Waals surface area contributed by atoms with Gasteiger partial charge in [-0.1, -0.05) is 0 Å². The summed E-state index contributed by atoms with van der Waals surface area (Å²) in [5, 5.41) is 6.35. The zero-order valence-electron chi connectivity index (χ0n) is 12.6. The molecule has 1 aromatic heterocycles. The van der Waals surface area contributed by atoms with E-state index in [1.54, 1.807) is 0 Å². The van der Waals surface area contributed by atoms with E-state index in [2.05, 4.69) is 44.6 Å². The van der Waals surface area contributed by atoms with E-state index in [0.29, 0.717) is 17.8 Å². The minimum Gasteiger partial charge on any atom is -0.354 e. The van der Waals surface area contributed by atoms with Crippen molar-refractivity contribution in [1.82, 2.24) is 19.9 Å². The molecule has 1 rings (SSSR count). The maximum atomic E-state index is 4.37. The Morgan fingerprint density at radius 3 is 2.11 bits per heavy atom. The normalized spacial score (nSPS) is 10.6. The smallest absolute Gasteiger partial charge is 0.231 e. The first-order chi connectivity index (χ1) is 9.02. The summed E-state index contributed by atoms with van der Waals surface area (Å²) < 4.78 is 0. The van der Waals surface area contributed by atoms with E-state index >= 15 is 0 Å². The van der Waals surface area contributed by atoms with Crippen LogP contribution in [-0.4, -0.2) is 67.7 Å². The summed E-state index contributed by atoms with van der Waals surface area (Å²) in [5.74, 6) is 1.88. The van der Waals surface area contributed by atoms with Crippen LogP contribution in [0.2, 0.25) is 0 Å². The summed E-state index contributed by atoms with van der Waals surface area (Å²) in [4.78, 5) is 17.1. The Morgan fingerprint density at radius 1 is 0.947 bits per heavy atom. The predicted octanol–water partition coefficient (Wildman–Crippen LogP) is 0.733. The molecule has 0 bridgehead atoms. The van der Waals surface area contributed by atoms with Crippen molar-refractivity contribution in [1.29, 1.82) is 0 Å². The second kappa shape index (κ2) is 7.73. The van der Waals surface area contributed by atoms with Crippen molar-refractivity contribution in [3.63, 3.8) is 0 Å². The van der Waals surface area contributed by atoms with Crippen LogP contribution < -0.4 is 15.5 Å². The van der Waals surface area contributed by atoms with E-state index in [9.17, 15) is 0 Å². The van der Waals surface area contributed by atoms with Gasteiger partial charge in [-0.15, -0.1) is 0 Å². The number of anilines is 3. The molecule has 19 heavy (non-hydrogen) atoms. The molecule has 0 aliphatic rings. The summed E-state index contributed by atoms with van der Waals surface area (Å²) in [6.07, 6.45) is 1.05. The summed E-state index contributed by atoms with van der Waals surface area (Å²) in [6, 6.07) is 0. The van der Waals surface area contributed by atoms with Crippen molar-refractivity contribution in [2.75, 3.05) is 63.4 Å². The molecule has 0 unspecified atom stereocenters. The molecule has 0 aliphatic heterocycles. The van der Waals surface area contributed by atoms with Gasteiger partial charge in [-0.3, -0.25) is 0 Å². The third-order valence-electron chi connectivity index (χ3n) is 2.42. The van der Waals surface area contributed by atoms with Gasteiger partial charge in [-0.05, 0) is 34.0 Å². The fourth-order valence-corrected chi connectivity index (χ4v) is 1.48. The van der Waals surface area contributed by atoms with Crippen molar-refractivity contribution < 1.29 is 0 Å². The summed E-state index contributed by atoms with van der Waals surface area (Å²) in [5.41, 5.74) is 0. The lowest BCUT2D eigenvalue weighted by atomic mass is 10.4. The second-order valence-electron chi connectivity index (χ2n) is 4.79. The Kier molecular flexibility index (Phi) is 6.27.